The molecule has 1 aliphatic rings. The Morgan fingerprint density at radius 2 is 1.00 bits per heavy atom. The summed E-state index contributed by atoms with van der Waals surface area (Å²) in [5.41, 5.74) is 2.07. The van der Waals surface area contributed by atoms with Crippen LogP contribution in [0.5, 0.6) is 0 Å². The molecule has 4 nitrogen and oxygen atoms in total. The number of carbonyl (C=O) groups is 2. The molecule has 0 saturated carbocycles. The van der Waals surface area contributed by atoms with Gasteiger partial charge in [-0.05, 0) is 80.6 Å². The first-order valence-corrected chi connectivity index (χ1v) is 9.76. The average molecular weight is 546 g/mol. The van der Waals surface area contributed by atoms with Crippen LogP contribution in [-0.4, -0.2) is 23.9 Å². The Kier molecular flexibility index (Phi) is 5.75. The molecule has 1 saturated heterocycles. The maximum Gasteiger partial charge on any atom is 0.243 e. The van der Waals surface area contributed by atoms with Crippen molar-refractivity contribution in [1.82, 2.24) is 10.6 Å². The molecule has 124 valence electrons. The third-order valence-corrected chi connectivity index (χ3v) is 5.41. The molecule has 1 heterocycles. The molecule has 0 radical (unpaired) electrons. The SMILES string of the molecule is O=C1N[C@@H](Cc2ccc(I)cc2)C(=O)N[C@H]1Cc1ccc(I)cc1. The first kappa shape index (κ1) is 17.7. The van der Waals surface area contributed by atoms with Crippen molar-refractivity contribution < 1.29 is 9.59 Å². The van der Waals surface area contributed by atoms with Crippen molar-refractivity contribution in [3.05, 3.63) is 66.8 Å². The van der Waals surface area contributed by atoms with Gasteiger partial charge in [-0.1, -0.05) is 24.3 Å². The molecular formula is C18H16I2N2O2. The van der Waals surface area contributed by atoms with Crippen molar-refractivity contribution in [3.63, 3.8) is 0 Å². The van der Waals surface area contributed by atoms with Gasteiger partial charge in [0.2, 0.25) is 11.8 Å². The summed E-state index contributed by atoms with van der Waals surface area (Å²) in [6.07, 6.45) is 1.01. The zero-order chi connectivity index (χ0) is 17.1. The lowest BCUT2D eigenvalue weighted by Gasteiger charge is -2.29. The van der Waals surface area contributed by atoms with Crippen molar-refractivity contribution in [2.24, 2.45) is 0 Å². The number of hydrogen-bond donors (Lipinski definition) is 2. The van der Waals surface area contributed by atoms with Gasteiger partial charge in [-0.3, -0.25) is 9.59 Å². The van der Waals surface area contributed by atoms with Gasteiger partial charge in [0, 0.05) is 20.0 Å². The van der Waals surface area contributed by atoms with Crippen molar-refractivity contribution in [3.8, 4) is 0 Å². The second kappa shape index (κ2) is 7.81. The third-order valence-electron chi connectivity index (χ3n) is 3.97. The molecule has 0 unspecified atom stereocenters. The van der Waals surface area contributed by atoms with Crippen LogP contribution in [0, 0.1) is 7.14 Å². The predicted octanol–water partition coefficient (Wildman–Crippen LogP) is 2.66. The number of nitrogens with one attached hydrogen (secondary N) is 2. The lowest BCUT2D eigenvalue weighted by atomic mass is 9.99. The van der Waals surface area contributed by atoms with Gasteiger partial charge >= 0.3 is 0 Å². The fourth-order valence-corrected chi connectivity index (χ4v) is 3.39. The van der Waals surface area contributed by atoms with Crippen molar-refractivity contribution >= 4 is 57.0 Å². The van der Waals surface area contributed by atoms with E-state index in [-0.39, 0.29) is 11.8 Å². The van der Waals surface area contributed by atoms with Crippen LogP contribution in [0.4, 0.5) is 0 Å². The molecule has 2 aromatic carbocycles. The van der Waals surface area contributed by atoms with E-state index >= 15 is 0 Å². The van der Waals surface area contributed by atoms with Crippen LogP contribution >= 0.6 is 45.2 Å². The zero-order valence-electron chi connectivity index (χ0n) is 12.8. The summed E-state index contributed by atoms with van der Waals surface area (Å²) in [7, 11) is 0. The monoisotopic (exact) mass is 546 g/mol. The summed E-state index contributed by atoms with van der Waals surface area (Å²) in [4.78, 5) is 24.7. The number of amides is 2. The molecule has 0 aromatic heterocycles. The van der Waals surface area contributed by atoms with E-state index in [4.69, 9.17) is 0 Å². The van der Waals surface area contributed by atoms with Gasteiger partial charge in [-0.25, -0.2) is 0 Å². The van der Waals surface area contributed by atoms with Gasteiger partial charge in [0.1, 0.15) is 12.1 Å². The average Bonchev–Trinajstić information content (AvgIpc) is 2.56. The van der Waals surface area contributed by atoms with Crippen LogP contribution in [0.2, 0.25) is 0 Å². The number of carbonyl (C=O) groups excluding carboxylic acids is 2. The quantitative estimate of drug-likeness (QED) is 0.580. The number of hydrogen-bond acceptors (Lipinski definition) is 2. The molecule has 2 atom stereocenters. The Morgan fingerprint density at radius 1 is 0.667 bits per heavy atom. The summed E-state index contributed by atoms with van der Waals surface area (Å²) in [5.74, 6) is -0.243. The van der Waals surface area contributed by atoms with Gasteiger partial charge in [0.25, 0.3) is 0 Å². The van der Waals surface area contributed by atoms with E-state index < -0.39 is 12.1 Å². The normalized spacial score (nSPS) is 20.4. The second-order valence-electron chi connectivity index (χ2n) is 5.78. The molecule has 1 fully saturated rings. The number of halogens is 2. The van der Waals surface area contributed by atoms with Crippen molar-refractivity contribution in [2.45, 2.75) is 24.9 Å². The van der Waals surface area contributed by atoms with Crippen LogP contribution in [-0.2, 0) is 22.4 Å². The molecule has 0 spiro atoms. The topological polar surface area (TPSA) is 58.2 Å². The molecule has 6 heteroatoms. The molecular weight excluding hydrogens is 530 g/mol. The van der Waals surface area contributed by atoms with E-state index in [1.54, 1.807) is 0 Å². The standard InChI is InChI=1S/C18H16I2N2O2/c19-13-5-1-11(2-6-13)9-15-17(23)22-16(18(24)21-15)10-12-3-7-14(20)8-4-12/h1-8,15-16H,9-10H2,(H,21,24)(H,22,23)/t15-,16-/m0/s1. The molecule has 2 aromatic rings. The van der Waals surface area contributed by atoms with E-state index in [2.05, 4.69) is 55.8 Å². The fourth-order valence-electron chi connectivity index (χ4n) is 2.68. The van der Waals surface area contributed by atoms with Gasteiger partial charge in [0.05, 0.1) is 0 Å². The Hall–Kier alpha value is -1.16. The van der Waals surface area contributed by atoms with Crippen LogP contribution < -0.4 is 10.6 Å². The van der Waals surface area contributed by atoms with Crippen LogP contribution in [0.15, 0.2) is 48.5 Å². The van der Waals surface area contributed by atoms with Gasteiger partial charge in [0.15, 0.2) is 0 Å². The highest BCUT2D eigenvalue weighted by atomic mass is 127. The second-order valence-corrected chi connectivity index (χ2v) is 8.27. The Labute approximate surface area is 168 Å². The number of piperazine rings is 1. The van der Waals surface area contributed by atoms with Crippen LogP contribution in [0.25, 0.3) is 0 Å². The molecule has 0 bridgehead atoms. The predicted molar refractivity (Wildman–Crippen MR) is 110 cm³/mol. The Bertz CT molecular complexity index is 679. The smallest absolute Gasteiger partial charge is 0.243 e. The molecule has 3 rings (SSSR count). The maximum atomic E-state index is 12.3. The van der Waals surface area contributed by atoms with Crippen LogP contribution in [0.3, 0.4) is 0 Å². The largest absolute Gasteiger partial charge is 0.342 e. The van der Waals surface area contributed by atoms with Crippen molar-refractivity contribution in [2.75, 3.05) is 0 Å². The van der Waals surface area contributed by atoms with Gasteiger partial charge in [-0.2, -0.15) is 0 Å². The summed E-state index contributed by atoms with van der Waals surface area (Å²) in [6, 6.07) is 14.9. The third kappa shape index (κ3) is 4.47. The number of rotatable bonds is 4. The van der Waals surface area contributed by atoms with E-state index in [0.29, 0.717) is 12.8 Å². The van der Waals surface area contributed by atoms with Gasteiger partial charge < -0.3 is 10.6 Å². The molecule has 2 N–H and O–H groups in total. The minimum absolute atomic E-state index is 0.122. The highest BCUT2D eigenvalue weighted by molar-refractivity contribution is 14.1. The lowest BCUT2D eigenvalue weighted by molar-refractivity contribution is -0.136. The van der Waals surface area contributed by atoms with E-state index in [1.165, 1.54) is 0 Å². The highest BCUT2D eigenvalue weighted by Crippen LogP contribution is 2.13. The van der Waals surface area contributed by atoms with E-state index in [1.807, 2.05) is 48.5 Å². The van der Waals surface area contributed by atoms with E-state index in [0.717, 1.165) is 18.3 Å². The maximum absolute atomic E-state index is 12.3. The first-order valence-electron chi connectivity index (χ1n) is 7.61. The minimum Gasteiger partial charge on any atom is -0.342 e. The number of benzene rings is 2. The summed E-state index contributed by atoms with van der Waals surface area (Å²) < 4.78 is 2.29. The molecule has 0 aliphatic carbocycles. The molecule has 24 heavy (non-hydrogen) atoms. The summed E-state index contributed by atoms with van der Waals surface area (Å²) in [6.45, 7) is 0. The van der Waals surface area contributed by atoms with Crippen molar-refractivity contribution in [1.29, 1.82) is 0 Å². The Balaban J connectivity index is 1.63. The highest BCUT2D eigenvalue weighted by Gasteiger charge is 2.33. The van der Waals surface area contributed by atoms with Crippen LogP contribution in [0.1, 0.15) is 11.1 Å². The lowest BCUT2D eigenvalue weighted by Crippen LogP contribution is -2.62. The molecule has 1 aliphatic heterocycles. The Morgan fingerprint density at radius 3 is 1.33 bits per heavy atom. The first-order chi connectivity index (χ1) is 11.5. The fraction of sp³-hybridized carbons (Fsp3) is 0.222. The summed E-state index contributed by atoms with van der Waals surface area (Å²) >= 11 is 4.48. The van der Waals surface area contributed by atoms with Gasteiger partial charge in [-0.15, -0.1) is 0 Å². The zero-order valence-corrected chi connectivity index (χ0v) is 17.1. The minimum atomic E-state index is -0.509. The van der Waals surface area contributed by atoms with E-state index in [9.17, 15) is 9.59 Å². The summed E-state index contributed by atoms with van der Waals surface area (Å²) in [5, 5.41) is 5.71. The molecule has 2 amide bonds.